The van der Waals surface area contributed by atoms with E-state index in [1.54, 1.807) is 12.0 Å². The first-order valence-electron chi connectivity index (χ1n) is 7.92. The highest BCUT2D eigenvalue weighted by atomic mass is 16.6. The van der Waals surface area contributed by atoms with Gasteiger partial charge >= 0.3 is 6.09 Å². The Morgan fingerprint density at radius 1 is 1.00 bits per heavy atom. The van der Waals surface area contributed by atoms with Crippen molar-refractivity contribution in [3.05, 3.63) is 71.8 Å². The third kappa shape index (κ3) is 1.98. The predicted octanol–water partition coefficient (Wildman–Crippen LogP) is 3.52. The maximum absolute atomic E-state index is 12.6. The first-order valence-corrected chi connectivity index (χ1v) is 7.92. The van der Waals surface area contributed by atoms with Crippen LogP contribution in [0, 0.1) is 0 Å². The van der Waals surface area contributed by atoms with Gasteiger partial charge in [-0.05, 0) is 12.8 Å². The molecule has 4 rings (SSSR count). The molecule has 0 aliphatic carbocycles. The number of cyclic esters (lactones) is 1. The van der Waals surface area contributed by atoms with Gasteiger partial charge in [-0.1, -0.05) is 60.7 Å². The van der Waals surface area contributed by atoms with Gasteiger partial charge in [-0.25, -0.2) is 4.79 Å². The molecule has 0 aromatic heterocycles. The van der Waals surface area contributed by atoms with Gasteiger partial charge in [0, 0.05) is 18.2 Å². The van der Waals surface area contributed by atoms with Crippen molar-refractivity contribution in [1.29, 1.82) is 0 Å². The molecule has 2 aliphatic heterocycles. The lowest BCUT2D eigenvalue weighted by atomic mass is 9.79. The molecule has 4 nitrogen and oxygen atoms in total. The summed E-state index contributed by atoms with van der Waals surface area (Å²) in [5.74, 6) is 0. The predicted molar refractivity (Wildman–Crippen MR) is 85.8 cm³/mol. The molecule has 2 fully saturated rings. The van der Waals surface area contributed by atoms with Crippen LogP contribution in [0.4, 0.5) is 4.79 Å². The van der Waals surface area contributed by atoms with Crippen LogP contribution in [0.1, 0.15) is 24.0 Å². The second-order valence-corrected chi connectivity index (χ2v) is 6.03. The van der Waals surface area contributed by atoms with E-state index in [2.05, 4.69) is 0 Å². The van der Waals surface area contributed by atoms with Gasteiger partial charge in [0.25, 0.3) is 0 Å². The molecule has 4 heteroatoms. The minimum absolute atomic E-state index is 0.0512. The lowest BCUT2D eigenvalue weighted by Crippen LogP contribution is -2.43. The van der Waals surface area contributed by atoms with Gasteiger partial charge in [0.1, 0.15) is 6.23 Å². The number of ether oxygens (including phenoxy) is 2. The van der Waals surface area contributed by atoms with Crippen LogP contribution in [0.2, 0.25) is 0 Å². The molecule has 0 N–H and O–H groups in total. The number of rotatable bonds is 3. The molecule has 2 heterocycles. The van der Waals surface area contributed by atoms with Crippen molar-refractivity contribution in [2.45, 2.75) is 30.7 Å². The van der Waals surface area contributed by atoms with Gasteiger partial charge in [0.2, 0.25) is 0 Å². The molecule has 2 aliphatic rings. The molecule has 0 radical (unpaired) electrons. The summed E-state index contributed by atoms with van der Waals surface area (Å²) < 4.78 is 11.5. The van der Waals surface area contributed by atoms with E-state index in [1.165, 1.54) is 0 Å². The van der Waals surface area contributed by atoms with Crippen LogP contribution in [0.25, 0.3) is 0 Å². The van der Waals surface area contributed by atoms with Gasteiger partial charge in [0.05, 0.1) is 6.04 Å². The summed E-state index contributed by atoms with van der Waals surface area (Å²) in [6.45, 7) is 0. The van der Waals surface area contributed by atoms with Crippen LogP contribution < -0.4 is 0 Å². The van der Waals surface area contributed by atoms with Crippen molar-refractivity contribution in [1.82, 2.24) is 4.90 Å². The van der Waals surface area contributed by atoms with Gasteiger partial charge in [0.15, 0.2) is 5.60 Å². The number of amides is 1. The fourth-order valence-corrected chi connectivity index (χ4v) is 3.95. The molecule has 2 aromatic rings. The summed E-state index contributed by atoms with van der Waals surface area (Å²) >= 11 is 0. The number of carbonyl (C=O) groups excluding carboxylic acids is 1. The standard InChI is InChI=1S/C19H19NO3/c1-22-17-13-12-16-19(23-18(21)20(16)17,14-8-4-2-5-9-14)15-10-6-3-7-11-15/h2-11,16-17H,12-13H2,1H3/t16-,17?/m0/s1. The summed E-state index contributed by atoms with van der Waals surface area (Å²) in [6, 6.07) is 20.0. The lowest BCUT2D eigenvalue weighted by Gasteiger charge is -2.33. The van der Waals surface area contributed by atoms with Crippen LogP contribution >= 0.6 is 0 Å². The fraction of sp³-hybridized carbons (Fsp3) is 0.316. The lowest BCUT2D eigenvalue weighted by molar-refractivity contribution is 0.0107. The zero-order valence-electron chi connectivity index (χ0n) is 13.0. The third-order valence-corrected chi connectivity index (χ3v) is 4.94. The maximum Gasteiger partial charge on any atom is 0.413 e. The third-order valence-electron chi connectivity index (χ3n) is 4.94. The second-order valence-electron chi connectivity index (χ2n) is 6.03. The number of carbonyl (C=O) groups is 1. The van der Waals surface area contributed by atoms with Crippen molar-refractivity contribution in [2.24, 2.45) is 0 Å². The molecule has 1 amide bonds. The van der Waals surface area contributed by atoms with E-state index in [1.807, 2.05) is 60.7 Å². The van der Waals surface area contributed by atoms with Crippen LogP contribution in [0.3, 0.4) is 0 Å². The molecule has 0 spiro atoms. The summed E-state index contributed by atoms with van der Waals surface area (Å²) in [4.78, 5) is 14.4. The number of benzene rings is 2. The fourth-order valence-electron chi connectivity index (χ4n) is 3.95. The quantitative estimate of drug-likeness (QED) is 0.871. The van der Waals surface area contributed by atoms with Crippen LogP contribution in [-0.2, 0) is 15.1 Å². The topological polar surface area (TPSA) is 38.8 Å². The Balaban J connectivity index is 1.90. The highest BCUT2D eigenvalue weighted by molar-refractivity contribution is 5.74. The highest BCUT2D eigenvalue weighted by Crippen LogP contribution is 2.50. The minimum Gasteiger partial charge on any atom is -0.431 e. The molecule has 1 unspecified atom stereocenters. The molecule has 23 heavy (non-hydrogen) atoms. The highest BCUT2D eigenvalue weighted by Gasteiger charge is 2.60. The molecule has 0 saturated carbocycles. The molecule has 2 saturated heterocycles. The van der Waals surface area contributed by atoms with Crippen molar-refractivity contribution in [2.75, 3.05) is 7.11 Å². The Morgan fingerprint density at radius 3 is 2.09 bits per heavy atom. The first kappa shape index (κ1) is 14.3. The van der Waals surface area contributed by atoms with Crippen LogP contribution in [0.5, 0.6) is 0 Å². The van der Waals surface area contributed by atoms with Gasteiger partial charge in [-0.2, -0.15) is 0 Å². The van der Waals surface area contributed by atoms with Crippen LogP contribution in [0.15, 0.2) is 60.7 Å². The van der Waals surface area contributed by atoms with E-state index >= 15 is 0 Å². The normalized spacial score (nSPS) is 25.3. The Bertz CT molecular complexity index is 662. The average Bonchev–Trinajstić information content (AvgIpc) is 3.17. The van der Waals surface area contributed by atoms with Crippen molar-refractivity contribution in [3.8, 4) is 0 Å². The van der Waals surface area contributed by atoms with Gasteiger partial charge in [-0.15, -0.1) is 0 Å². The van der Waals surface area contributed by atoms with E-state index in [4.69, 9.17) is 9.47 Å². The Morgan fingerprint density at radius 2 is 1.57 bits per heavy atom. The van der Waals surface area contributed by atoms with E-state index in [-0.39, 0.29) is 18.4 Å². The summed E-state index contributed by atoms with van der Waals surface area (Å²) in [7, 11) is 1.64. The van der Waals surface area contributed by atoms with Crippen molar-refractivity contribution in [3.63, 3.8) is 0 Å². The van der Waals surface area contributed by atoms with Crippen molar-refractivity contribution < 1.29 is 14.3 Å². The summed E-state index contributed by atoms with van der Waals surface area (Å²) in [5, 5.41) is 0. The smallest absolute Gasteiger partial charge is 0.413 e. The van der Waals surface area contributed by atoms with E-state index in [0.29, 0.717) is 0 Å². The zero-order valence-corrected chi connectivity index (χ0v) is 13.0. The second kappa shape index (κ2) is 5.39. The van der Waals surface area contributed by atoms with E-state index < -0.39 is 5.60 Å². The number of methoxy groups -OCH3 is 1. The monoisotopic (exact) mass is 309 g/mol. The average molecular weight is 309 g/mol. The minimum atomic E-state index is -0.771. The number of fused-ring (bicyclic) bond motifs is 1. The SMILES string of the molecule is COC1CC[C@@H]2N1C(=O)OC2(c1ccccc1)c1ccccc1. The number of nitrogens with zero attached hydrogens (tertiary/aromatic N) is 1. The zero-order chi connectivity index (χ0) is 15.9. The summed E-state index contributed by atoms with van der Waals surface area (Å²) in [5.41, 5.74) is 1.24. The Kier molecular flexibility index (Phi) is 3.34. The molecule has 118 valence electrons. The molecular weight excluding hydrogens is 290 g/mol. The first-order chi connectivity index (χ1) is 11.3. The maximum atomic E-state index is 12.6. The molecule has 2 atom stereocenters. The van der Waals surface area contributed by atoms with Gasteiger partial charge < -0.3 is 9.47 Å². The van der Waals surface area contributed by atoms with E-state index in [9.17, 15) is 4.79 Å². The summed E-state index contributed by atoms with van der Waals surface area (Å²) in [6.07, 6.45) is 1.18. The Hall–Kier alpha value is -2.33. The number of hydrogen-bond acceptors (Lipinski definition) is 3. The molecular formula is C19H19NO3. The van der Waals surface area contributed by atoms with Crippen LogP contribution in [-0.4, -0.2) is 30.4 Å². The van der Waals surface area contributed by atoms with Crippen molar-refractivity contribution >= 4 is 6.09 Å². The van der Waals surface area contributed by atoms with E-state index in [0.717, 1.165) is 24.0 Å². The largest absolute Gasteiger partial charge is 0.431 e. The Labute approximate surface area is 135 Å². The van der Waals surface area contributed by atoms with Gasteiger partial charge in [-0.3, -0.25) is 4.90 Å². The molecule has 0 bridgehead atoms. The number of hydrogen-bond donors (Lipinski definition) is 0. The molecule has 2 aromatic carbocycles.